The first-order valence-electron chi connectivity index (χ1n) is 5.93. The van der Waals surface area contributed by atoms with Crippen LogP contribution in [0.25, 0.3) is 0 Å². The van der Waals surface area contributed by atoms with Crippen molar-refractivity contribution in [1.82, 2.24) is 14.7 Å². The summed E-state index contributed by atoms with van der Waals surface area (Å²) in [5, 5.41) is 4.15. The van der Waals surface area contributed by atoms with Crippen molar-refractivity contribution >= 4 is 5.97 Å². The SMILES string of the molecule is COC(=O)[C@H](C)N(Cc1cnn(C)c1)C1CC1. The van der Waals surface area contributed by atoms with Gasteiger partial charge in [0.25, 0.3) is 0 Å². The number of ether oxygens (including phenoxy) is 1. The topological polar surface area (TPSA) is 47.4 Å². The number of nitrogens with zero attached hydrogens (tertiary/aromatic N) is 3. The highest BCUT2D eigenvalue weighted by Crippen LogP contribution is 2.30. The molecule has 0 spiro atoms. The highest BCUT2D eigenvalue weighted by molar-refractivity contribution is 5.75. The predicted molar refractivity (Wildman–Crippen MR) is 63.3 cm³/mol. The second-order valence-corrected chi connectivity index (χ2v) is 4.62. The van der Waals surface area contributed by atoms with E-state index in [4.69, 9.17) is 4.74 Å². The van der Waals surface area contributed by atoms with E-state index in [1.807, 2.05) is 26.4 Å². The molecule has 1 saturated carbocycles. The molecule has 0 N–H and O–H groups in total. The normalized spacial score (nSPS) is 17.2. The molecule has 0 saturated heterocycles. The zero-order chi connectivity index (χ0) is 12.4. The second kappa shape index (κ2) is 4.87. The molecule has 0 aliphatic heterocycles. The third-order valence-corrected chi connectivity index (χ3v) is 3.18. The summed E-state index contributed by atoms with van der Waals surface area (Å²) in [5.41, 5.74) is 1.13. The minimum atomic E-state index is -0.187. The van der Waals surface area contributed by atoms with Crippen molar-refractivity contribution in [2.24, 2.45) is 7.05 Å². The monoisotopic (exact) mass is 237 g/mol. The lowest BCUT2D eigenvalue weighted by molar-refractivity contribution is -0.146. The van der Waals surface area contributed by atoms with Crippen LogP contribution in [-0.4, -0.2) is 39.8 Å². The van der Waals surface area contributed by atoms with E-state index < -0.39 is 0 Å². The number of aromatic nitrogens is 2. The van der Waals surface area contributed by atoms with Crippen LogP contribution >= 0.6 is 0 Å². The van der Waals surface area contributed by atoms with Gasteiger partial charge in [-0.3, -0.25) is 14.4 Å². The fourth-order valence-electron chi connectivity index (χ4n) is 2.06. The number of esters is 1. The highest BCUT2D eigenvalue weighted by Gasteiger charge is 2.35. The Bertz CT molecular complexity index is 398. The van der Waals surface area contributed by atoms with Crippen molar-refractivity contribution in [3.8, 4) is 0 Å². The minimum Gasteiger partial charge on any atom is -0.468 e. The highest BCUT2D eigenvalue weighted by atomic mass is 16.5. The van der Waals surface area contributed by atoms with Gasteiger partial charge in [-0.25, -0.2) is 0 Å². The zero-order valence-electron chi connectivity index (χ0n) is 10.6. The van der Waals surface area contributed by atoms with Crippen LogP contribution in [0.4, 0.5) is 0 Å². The summed E-state index contributed by atoms with van der Waals surface area (Å²) >= 11 is 0. The van der Waals surface area contributed by atoms with Gasteiger partial charge in [0.05, 0.1) is 13.3 Å². The maximum atomic E-state index is 11.6. The number of methoxy groups -OCH3 is 1. The molecule has 0 bridgehead atoms. The summed E-state index contributed by atoms with van der Waals surface area (Å²) in [5.74, 6) is -0.166. The molecule has 1 fully saturated rings. The molecular weight excluding hydrogens is 218 g/mol. The largest absolute Gasteiger partial charge is 0.468 e. The van der Waals surface area contributed by atoms with Crippen LogP contribution in [0, 0.1) is 0 Å². The molecule has 1 aromatic rings. The van der Waals surface area contributed by atoms with Crippen LogP contribution in [-0.2, 0) is 23.1 Å². The molecule has 5 nitrogen and oxygen atoms in total. The van der Waals surface area contributed by atoms with Crippen molar-refractivity contribution in [2.75, 3.05) is 7.11 Å². The molecule has 5 heteroatoms. The Balaban J connectivity index is 2.04. The van der Waals surface area contributed by atoms with Crippen molar-refractivity contribution < 1.29 is 9.53 Å². The van der Waals surface area contributed by atoms with Crippen molar-refractivity contribution in [3.63, 3.8) is 0 Å². The van der Waals surface area contributed by atoms with E-state index in [-0.39, 0.29) is 12.0 Å². The van der Waals surface area contributed by atoms with Gasteiger partial charge >= 0.3 is 5.97 Å². The van der Waals surface area contributed by atoms with Crippen LogP contribution in [0.1, 0.15) is 25.3 Å². The summed E-state index contributed by atoms with van der Waals surface area (Å²) in [7, 11) is 3.34. The van der Waals surface area contributed by atoms with Gasteiger partial charge in [-0.2, -0.15) is 5.10 Å². The molecular formula is C12H19N3O2. The summed E-state index contributed by atoms with van der Waals surface area (Å²) < 4.78 is 6.59. The van der Waals surface area contributed by atoms with E-state index in [1.54, 1.807) is 4.68 Å². The molecule has 1 aliphatic rings. The summed E-state index contributed by atoms with van der Waals surface area (Å²) in [4.78, 5) is 13.8. The van der Waals surface area contributed by atoms with Gasteiger partial charge in [-0.1, -0.05) is 0 Å². The van der Waals surface area contributed by atoms with Gasteiger partial charge in [-0.05, 0) is 19.8 Å². The van der Waals surface area contributed by atoms with E-state index >= 15 is 0 Å². The van der Waals surface area contributed by atoms with Gasteiger partial charge in [0.2, 0.25) is 0 Å². The number of rotatable bonds is 5. The lowest BCUT2D eigenvalue weighted by Gasteiger charge is -2.26. The number of aryl methyl sites for hydroxylation is 1. The third-order valence-electron chi connectivity index (χ3n) is 3.18. The van der Waals surface area contributed by atoms with Crippen molar-refractivity contribution in [2.45, 2.75) is 38.4 Å². The third kappa shape index (κ3) is 2.85. The molecule has 1 atom stereocenters. The van der Waals surface area contributed by atoms with E-state index in [0.717, 1.165) is 12.1 Å². The fourth-order valence-corrected chi connectivity index (χ4v) is 2.06. The number of carbonyl (C=O) groups is 1. The molecule has 2 rings (SSSR count). The lowest BCUT2D eigenvalue weighted by Crippen LogP contribution is -2.40. The quantitative estimate of drug-likeness (QED) is 0.715. The number of hydrogen-bond donors (Lipinski definition) is 0. The summed E-state index contributed by atoms with van der Waals surface area (Å²) in [6, 6.07) is 0.331. The molecule has 17 heavy (non-hydrogen) atoms. The summed E-state index contributed by atoms with van der Waals surface area (Å²) in [6.45, 7) is 2.66. The Kier molecular flexibility index (Phi) is 3.47. The fraction of sp³-hybridized carbons (Fsp3) is 0.667. The maximum Gasteiger partial charge on any atom is 0.322 e. The molecule has 0 radical (unpaired) electrons. The van der Waals surface area contributed by atoms with Crippen molar-refractivity contribution in [1.29, 1.82) is 0 Å². The second-order valence-electron chi connectivity index (χ2n) is 4.62. The van der Waals surface area contributed by atoms with Crippen LogP contribution in [0.5, 0.6) is 0 Å². The van der Waals surface area contributed by atoms with Crippen LogP contribution in [0.3, 0.4) is 0 Å². The Morgan fingerprint density at radius 3 is 2.88 bits per heavy atom. The van der Waals surface area contributed by atoms with Gasteiger partial charge < -0.3 is 4.74 Å². The molecule has 94 valence electrons. The minimum absolute atomic E-state index is 0.166. The molecule has 0 aromatic carbocycles. The average Bonchev–Trinajstić information content (AvgIpc) is 3.08. The molecule has 0 unspecified atom stereocenters. The van der Waals surface area contributed by atoms with Gasteiger partial charge in [0, 0.05) is 31.4 Å². The first kappa shape index (κ1) is 12.1. The first-order chi connectivity index (χ1) is 8.11. The van der Waals surface area contributed by atoms with Crippen molar-refractivity contribution in [3.05, 3.63) is 18.0 Å². The van der Waals surface area contributed by atoms with Gasteiger partial charge in [-0.15, -0.1) is 0 Å². The predicted octanol–water partition coefficient (Wildman–Crippen LogP) is 0.946. The van der Waals surface area contributed by atoms with E-state index in [1.165, 1.54) is 20.0 Å². The first-order valence-corrected chi connectivity index (χ1v) is 5.93. The molecule has 1 aromatic heterocycles. The standard InChI is InChI=1S/C12H19N3O2/c1-9(12(16)17-3)15(11-4-5-11)8-10-6-13-14(2)7-10/h6-7,9,11H,4-5,8H2,1-3H3/t9-/m0/s1. The van der Waals surface area contributed by atoms with Crippen LogP contribution in [0.2, 0.25) is 0 Å². The smallest absolute Gasteiger partial charge is 0.322 e. The number of hydrogen-bond acceptors (Lipinski definition) is 4. The molecule has 1 heterocycles. The Labute approximate surface area is 101 Å². The molecule has 1 aliphatic carbocycles. The Morgan fingerprint density at radius 2 is 2.41 bits per heavy atom. The van der Waals surface area contributed by atoms with E-state index in [9.17, 15) is 4.79 Å². The Morgan fingerprint density at radius 1 is 1.71 bits per heavy atom. The van der Waals surface area contributed by atoms with Gasteiger partial charge in [0.15, 0.2) is 0 Å². The zero-order valence-corrected chi connectivity index (χ0v) is 10.6. The maximum absolute atomic E-state index is 11.6. The number of carbonyl (C=O) groups excluding carboxylic acids is 1. The van der Waals surface area contributed by atoms with E-state index in [2.05, 4.69) is 10.00 Å². The van der Waals surface area contributed by atoms with E-state index in [0.29, 0.717) is 6.04 Å². The van der Waals surface area contributed by atoms with Crippen LogP contribution < -0.4 is 0 Å². The average molecular weight is 237 g/mol. The van der Waals surface area contributed by atoms with Gasteiger partial charge in [0.1, 0.15) is 6.04 Å². The van der Waals surface area contributed by atoms with Crippen LogP contribution in [0.15, 0.2) is 12.4 Å². The lowest BCUT2D eigenvalue weighted by atomic mass is 10.2. The summed E-state index contributed by atoms with van der Waals surface area (Å²) in [6.07, 6.45) is 6.17. The molecule has 0 amide bonds. The Hall–Kier alpha value is -1.36.